The van der Waals surface area contributed by atoms with Gasteiger partial charge in [0, 0.05) is 57.1 Å². The number of anilines is 3. The third-order valence-corrected chi connectivity index (χ3v) is 11.2. The summed E-state index contributed by atoms with van der Waals surface area (Å²) in [4.78, 5) is 19.7. The van der Waals surface area contributed by atoms with Crippen LogP contribution in [0.25, 0.3) is 10.2 Å². The molecule has 0 aromatic carbocycles. The van der Waals surface area contributed by atoms with Gasteiger partial charge in [0.2, 0.25) is 11.9 Å². The lowest BCUT2D eigenvalue weighted by Crippen LogP contribution is -2.46. The molecule has 3 aromatic heterocycles. The number of aromatic nitrogens is 4. The van der Waals surface area contributed by atoms with Crippen molar-refractivity contribution in [1.29, 1.82) is 0 Å². The van der Waals surface area contributed by atoms with Gasteiger partial charge >= 0.3 is 0 Å². The molecule has 39 heavy (non-hydrogen) atoms. The highest BCUT2D eigenvalue weighted by molar-refractivity contribution is 7.19. The molecule has 2 N–H and O–H groups in total. The number of hydrogen-bond acceptors (Lipinski definition) is 9. The van der Waals surface area contributed by atoms with E-state index in [0.29, 0.717) is 30.7 Å². The third kappa shape index (κ3) is 6.48. The highest BCUT2D eigenvalue weighted by Gasteiger charge is 2.29. The number of ether oxygens (including phenoxy) is 2. The highest BCUT2D eigenvalue weighted by Crippen LogP contribution is 2.41. The maximum Gasteiger partial charge on any atom is 0.232 e. The van der Waals surface area contributed by atoms with Crippen LogP contribution in [0.5, 0.6) is 0 Å². The molecule has 1 aliphatic heterocycles. The van der Waals surface area contributed by atoms with Crippen molar-refractivity contribution < 1.29 is 9.47 Å². The lowest BCUT2D eigenvalue weighted by molar-refractivity contribution is 0.00791. The van der Waals surface area contributed by atoms with E-state index in [-0.39, 0.29) is 0 Å². The normalized spacial score (nSPS) is 22.3. The van der Waals surface area contributed by atoms with Crippen LogP contribution in [0.3, 0.4) is 0 Å². The predicted octanol–water partition coefficient (Wildman–Crippen LogP) is 5.49. The maximum atomic E-state index is 5.98. The van der Waals surface area contributed by atoms with Crippen molar-refractivity contribution in [2.24, 2.45) is 0 Å². The summed E-state index contributed by atoms with van der Waals surface area (Å²) < 4.78 is 13.5. The monoisotopic (exact) mass is 569 g/mol. The number of aryl methyl sites for hydroxylation is 2. The van der Waals surface area contributed by atoms with Gasteiger partial charge in [0.15, 0.2) is 0 Å². The van der Waals surface area contributed by atoms with Crippen molar-refractivity contribution in [3.8, 4) is 0 Å². The molecule has 1 saturated carbocycles. The van der Waals surface area contributed by atoms with Gasteiger partial charge in [-0.1, -0.05) is 19.6 Å². The Labute approximate surface area is 236 Å². The molecule has 2 aliphatic carbocycles. The van der Waals surface area contributed by atoms with Crippen molar-refractivity contribution in [3.63, 3.8) is 0 Å². The van der Waals surface area contributed by atoms with E-state index in [2.05, 4.69) is 40.2 Å². The third-order valence-electron chi connectivity index (χ3n) is 8.33. The van der Waals surface area contributed by atoms with Gasteiger partial charge in [-0.2, -0.15) is 4.98 Å². The van der Waals surface area contributed by atoms with Crippen LogP contribution in [-0.2, 0) is 29.0 Å². The SMILES string of the molecule is C[Si](C)(C)CCOCn1ccnc1Nc1nc(NC2CCC(N3CCOCC3)CC2)c2c3c(sc2n1)CCC3. The number of hydrogen-bond donors (Lipinski definition) is 2. The van der Waals surface area contributed by atoms with Crippen molar-refractivity contribution >= 4 is 47.3 Å². The zero-order chi connectivity index (χ0) is 26.8. The van der Waals surface area contributed by atoms with Gasteiger partial charge in [-0.15, -0.1) is 11.3 Å². The molecule has 6 rings (SSSR count). The molecule has 3 aromatic rings. The Morgan fingerprint density at radius 1 is 1.10 bits per heavy atom. The van der Waals surface area contributed by atoms with Gasteiger partial charge in [-0.3, -0.25) is 14.8 Å². The molecule has 0 bridgehead atoms. The molecule has 3 aliphatic rings. The van der Waals surface area contributed by atoms with Crippen LogP contribution in [0.15, 0.2) is 12.4 Å². The summed E-state index contributed by atoms with van der Waals surface area (Å²) in [6.45, 7) is 12.3. The van der Waals surface area contributed by atoms with Gasteiger partial charge in [-0.05, 0) is 56.6 Å². The summed E-state index contributed by atoms with van der Waals surface area (Å²) in [5.41, 5.74) is 1.46. The summed E-state index contributed by atoms with van der Waals surface area (Å²) >= 11 is 1.83. The molecule has 0 amide bonds. The fraction of sp³-hybridized carbons (Fsp3) is 0.679. The van der Waals surface area contributed by atoms with Gasteiger partial charge in [0.25, 0.3) is 0 Å². The Balaban J connectivity index is 1.17. The molecule has 0 unspecified atom stereocenters. The number of nitrogens with one attached hydrogen (secondary N) is 2. The van der Waals surface area contributed by atoms with E-state index in [4.69, 9.17) is 19.4 Å². The number of nitrogens with zero attached hydrogens (tertiary/aromatic N) is 5. The number of fused-ring (bicyclic) bond motifs is 3. The van der Waals surface area contributed by atoms with E-state index in [1.54, 1.807) is 6.20 Å². The molecule has 4 heterocycles. The fourth-order valence-electron chi connectivity index (χ4n) is 6.06. The number of thiophene rings is 1. The quantitative estimate of drug-likeness (QED) is 0.245. The second-order valence-electron chi connectivity index (χ2n) is 12.4. The Morgan fingerprint density at radius 3 is 2.72 bits per heavy atom. The largest absolute Gasteiger partial charge is 0.379 e. The molecule has 0 atom stereocenters. The number of rotatable bonds is 10. The summed E-state index contributed by atoms with van der Waals surface area (Å²) in [7, 11) is -1.12. The van der Waals surface area contributed by atoms with Crippen LogP contribution in [-0.4, -0.2) is 77.5 Å². The Kier molecular flexibility index (Phi) is 8.22. The smallest absolute Gasteiger partial charge is 0.232 e. The van der Waals surface area contributed by atoms with E-state index >= 15 is 0 Å². The van der Waals surface area contributed by atoms with Gasteiger partial charge in [-0.25, -0.2) is 9.97 Å². The lowest BCUT2D eigenvalue weighted by atomic mass is 9.90. The van der Waals surface area contributed by atoms with E-state index in [1.807, 2.05) is 22.1 Å². The molecule has 1 saturated heterocycles. The first-order chi connectivity index (χ1) is 18.9. The molecule has 212 valence electrons. The minimum atomic E-state index is -1.12. The molecular formula is C28H43N7O2SSi. The van der Waals surface area contributed by atoms with Crippen molar-refractivity contribution in [2.45, 2.75) is 89.4 Å². The average Bonchev–Trinajstić information content (AvgIpc) is 3.64. The van der Waals surface area contributed by atoms with Crippen LogP contribution < -0.4 is 10.6 Å². The topological polar surface area (TPSA) is 89.4 Å². The second-order valence-corrected chi connectivity index (χ2v) is 19.1. The van der Waals surface area contributed by atoms with Crippen LogP contribution >= 0.6 is 11.3 Å². The number of imidazole rings is 1. The zero-order valence-electron chi connectivity index (χ0n) is 23.7. The fourth-order valence-corrected chi connectivity index (χ4v) is 8.07. The molecular weight excluding hydrogens is 527 g/mol. The Bertz CT molecular complexity index is 1260. The van der Waals surface area contributed by atoms with Crippen LogP contribution in [0.2, 0.25) is 25.7 Å². The Morgan fingerprint density at radius 2 is 1.92 bits per heavy atom. The first kappa shape index (κ1) is 27.1. The average molecular weight is 570 g/mol. The van der Waals surface area contributed by atoms with E-state index < -0.39 is 8.07 Å². The standard InChI is InChI=1S/C28H43N7O2SSi/c1-39(2,3)18-17-37-19-35-12-11-29-28(35)33-27-31-25(24-22-5-4-6-23(22)38-26(24)32-27)30-20-7-9-21(10-8-20)34-13-15-36-16-14-34/h11-12,20-21H,4-10,13-19H2,1-3H3,(H2,29,30,31,32,33). The molecule has 9 nitrogen and oxygen atoms in total. The second kappa shape index (κ2) is 11.8. The van der Waals surface area contributed by atoms with Crippen molar-refractivity contribution in [2.75, 3.05) is 43.5 Å². The van der Waals surface area contributed by atoms with E-state index in [1.165, 1.54) is 47.9 Å². The van der Waals surface area contributed by atoms with Crippen molar-refractivity contribution in [3.05, 3.63) is 22.8 Å². The Hall–Kier alpha value is -2.05. The van der Waals surface area contributed by atoms with E-state index in [0.717, 1.165) is 62.4 Å². The van der Waals surface area contributed by atoms with Crippen LogP contribution in [0.1, 0.15) is 42.5 Å². The number of morpholine rings is 1. The first-order valence-corrected chi connectivity index (χ1v) is 19.2. The minimum absolute atomic E-state index is 0.437. The minimum Gasteiger partial charge on any atom is -0.379 e. The molecule has 11 heteroatoms. The molecule has 0 radical (unpaired) electrons. The predicted molar refractivity (Wildman–Crippen MR) is 161 cm³/mol. The van der Waals surface area contributed by atoms with Crippen LogP contribution in [0.4, 0.5) is 17.7 Å². The summed E-state index contributed by atoms with van der Waals surface area (Å²) in [6.07, 6.45) is 12.1. The lowest BCUT2D eigenvalue weighted by Gasteiger charge is -2.39. The highest BCUT2D eigenvalue weighted by atomic mass is 32.1. The van der Waals surface area contributed by atoms with Gasteiger partial charge < -0.3 is 14.8 Å². The zero-order valence-corrected chi connectivity index (χ0v) is 25.5. The first-order valence-electron chi connectivity index (χ1n) is 14.7. The van der Waals surface area contributed by atoms with E-state index in [9.17, 15) is 0 Å². The van der Waals surface area contributed by atoms with Gasteiger partial charge in [0.1, 0.15) is 17.4 Å². The van der Waals surface area contributed by atoms with Crippen LogP contribution in [0, 0.1) is 0 Å². The molecule has 0 spiro atoms. The summed E-state index contributed by atoms with van der Waals surface area (Å²) in [5, 5.41) is 8.52. The maximum absolute atomic E-state index is 5.98. The molecule has 2 fully saturated rings. The summed E-state index contributed by atoms with van der Waals surface area (Å²) in [6, 6.07) is 2.27. The summed E-state index contributed by atoms with van der Waals surface area (Å²) in [5.74, 6) is 2.30. The van der Waals surface area contributed by atoms with Gasteiger partial charge in [0.05, 0.1) is 18.6 Å². The van der Waals surface area contributed by atoms with Crippen molar-refractivity contribution in [1.82, 2.24) is 24.4 Å².